The highest BCUT2D eigenvalue weighted by molar-refractivity contribution is 6.26. The number of aromatic nitrogens is 2. The Kier molecular flexibility index (Phi) is 6.97. The zero-order chi connectivity index (χ0) is 22.3. The number of benzene rings is 2. The lowest BCUT2D eigenvalue weighted by Gasteiger charge is -2.19. The van der Waals surface area contributed by atoms with E-state index in [0.717, 1.165) is 50.9 Å². The molecule has 0 aliphatic carbocycles. The summed E-state index contributed by atoms with van der Waals surface area (Å²) in [6.07, 6.45) is 5.70. The zero-order valence-corrected chi connectivity index (χ0v) is 18.9. The summed E-state index contributed by atoms with van der Waals surface area (Å²) in [4.78, 5) is 0. The van der Waals surface area contributed by atoms with Gasteiger partial charge in [0.15, 0.2) is 11.5 Å². The molecule has 0 unspecified atom stereocenters. The van der Waals surface area contributed by atoms with E-state index in [0.29, 0.717) is 19.8 Å². The van der Waals surface area contributed by atoms with E-state index < -0.39 is 0 Å². The molecule has 164 valence electrons. The van der Waals surface area contributed by atoms with Crippen LogP contribution >= 0.6 is 11.6 Å². The number of halogens is 1. The third-order valence-corrected chi connectivity index (χ3v) is 5.23. The lowest BCUT2D eigenvalue weighted by atomic mass is 9.98. The Bertz CT molecular complexity index is 1160. The number of H-pyrrole nitrogens is 1. The summed E-state index contributed by atoms with van der Waals surface area (Å²) in [6.45, 7) is 5.55. The molecule has 0 atom stereocenters. The van der Waals surface area contributed by atoms with Crippen LogP contribution in [0.25, 0.3) is 16.7 Å². The molecule has 0 radical (unpaired) electrons. The van der Waals surface area contributed by atoms with Crippen LogP contribution in [0.2, 0.25) is 0 Å². The van der Waals surface area contributed by atoms with Gasteiger partial charge < -0.3 is 14.2 Å². The molecule has 6 heteroatoms. The number of nitrogens with zero attached hydrogens (tertiary/aromatic N) is 1. The fourth-order valence-electron chi connectivity index (χ4n) is 3.50. The second-order valence-corrected chi connectivity index (χ2v) is 7.65. The fourth-order valence-corrected chi connectivity index (χ4v) is 3.63. The number of nitrogens with one attached hydrogen (secondary N) is 1. The molecule has 4 rings (SSSR count). The molecule has 0 saturated carbocycles. The minimum atomic E-state index is 0.516. The summed E-state index contributed by atoms with van der Waals surface area (Å²) in [6, 6.07) is 16.0. The van der Waals surface area contributed by atoms with E-state index in [1.165, 1.54) is 5.54 Å². The van der Waals surface area contributed by atoms with Crippen LogP contribution in [0.5, 0.6) is 11.5 Å². The highest BCUT2D eigenvalue weighted by Crippen LogP contribution is 2.38. The highest BCUT2D eigenvalue weighted by atomic mass is 35.5. The van der Waals surface area contributed by atoms with Gasteiger partial charge in [-0.2, -0.15) is 5.10 Å². The van der Waals surface area contributed by atoms with Crippen LogP contribution < -0.4 is 9.47 Å². The highest BCUT2D eigenvalue weighted by Gasteiger charge is 2.18. The smallest absolute Gasteiger partial charge is 0.161 e. The van der Waals surface area contributed by atoms with Crippen molar-refractivity contribution in [3.05, 3.63) is 95.0 Å². The third-order valence-electron chi connectivity index (χ3n) is 5.10. The van der Waals surface area contributed by atoms with E-state index in [1.807, 2.05) is 80.6 Å². The maximum atomic E-state index is 5.95. The molecule has 3 aromatic rings. The predicted molar refractivity (Wildman–Crippen MR) is 128 cm³/mol. The number of allylic oxidation sites excluding steroid dienone is 5. The van der Waals surface area contributed by atoms with Gasteiger partial charge in [0.1, 0.15) is 25.5 Å². The van der Waals surface area contributed by atoms with Gasteiger partial charge in [-0.1, -0.05) is 48.0 Å². The first-order chi connectivity index (χ1) is 15.7. The van der Waals surface area contributed by atoms with Gasteiger partial charge in [-0.05, 0) is 55.3 Å². The van der Waals surface area contributed by atoms with E-state index in [4.69, 9.17) is 25.8 Å². The first kappa shape index (κ1) is 21.8. The van der Waals surface area contributed by atoms with Crippen LogP contribution in [0.1, 0.15) is 23.9 Å². The van der Waals surface area contributed by atoms with Crippen LogP contribution in [0.3, 0.4) is 0 Å². The van der Waals surface area contributed by atoms with Crippen molar-refractivity contribution in [3.63, 3.8) is 0 Å². The molecule has 1 aliphatic heterocycles. The van der Waals surface area contributed by atoms with Gasteiger partial charge in [0.25, 0.3) is 0 Å². The van der Waals surface area contributed by atoms with Crippen molar-refractivity contribution in [3.8, 4) is 22.6 Å². The summed E-state index contributed by atoms with van der Waals surface area (Å²) in [5.41, 5.74) is 7.18. The Morgan fingerprint density at radius 1 is 1.09 bits per heavy atom. The maximum absolute atomic E-state index is 5.95. The largest absolute Gasteiger partial charge is 0.494 e. The average Bonchev–Trinajstić information content (AvgIpc) is 3.21. The summed E-state index contributed by atoms with van der Waals surface area (Å²) >= 11 is 5.95. The van der Waals surface area contributed by atoms with Crippen molar-refractivity contribution < 1.29 is 14.2 Å². The first-order valence-electron chi connectivity index (χ1n) is 10.4. The molecular formula is C26H25ClN2O3. The molecule has 2 heterocycles. The molecule has 0 spiro atoms. The molecule has 5 nitrogen and oxygen atoms in total. The third kappa shape index (κ3) is 5.06. The van der Waals surface area contributed by atoms with Crippen molar-refractivity contribution in [1.82, 2.24) is 10.2 Å². The quantitative estimate of drug-likeness (QED) is 0.335. The van der Waals surface area contributed by atoms with Crippen LogP contribution in [0.4, 0.5) is 0 Å². The summed E-state index contributed by atoms with van der Waals surface area (Å²) in [7, 11) is 0. The van der Waals surface area contributed by atoms with Gasteiger partial charge in [-0.3, -0.25) is 5.10 Å². The molecule has 1 aromatic heterocycles. The monoisotopic (exact) mass is 448 g/mol. The number of ether oxygens (including phenoxy) is 3. The second-order valence-electron chi connectivity index (χ2n) is 7.40. The minimum absolute atomic E-state index is 0.516. The Balaban J connectivity index is 1.62. The molecule has 0 amide bonds. The van der Waals surface area contributed by atoms with Crippen LogP contribution in [-0.4, -0.2) is 23.4 Å². The van der Waals surface area contributed by atoms with Gasteiger partial charge in [0.2, 0.25) is 0 Å². The summed E-state index contributed by atoms with van der Waals surface area (Å²) in [5, 5.41) is 7.65. The number of rotatable bonds is 7. The van der Waals surface area contributed by atoms with E-state index >= 15 is 0 Å². The lowest BCUT2D eigenvalue weighted by molar-refractivity contribution is 0.171. The Hall–Kier alpha value is -3.44. The standard InChI is InChI=1S/C26H25ClN2O3/c1-18(32-17-20-6-4-3-5-7-20)8-9-21(12-13-27)26-25(19(2)28-29-26)22-10-11-23-24(16-22)31-15-14-30-23/h3-13,16H,14-15,17H2,1-2H3,(H,28,29)/b13-12+,18-8+,21-9+. The van der Waals surface area contributed by atoms with Crippen LogP contribution in [-0.2, 0) is 11.3 Å². The molecular weight excluding hydrogens is 424 g/mol. The Morgan fingerprint density at radius 2 is 1.88 bits per heavy atom. The van der Waals surface area contributed by atoms with Gasteiger partial charge >= 0.3 is 0 Å². The van der Waals surface area contributed by atoms with Crippen molar-refractivity contribution in [2.75, 3.05) is 13.2 Å². The van der Waals surface area contributed by atoms with Crippen LogP contribution in [0, 0.1) is 6.92 Å². The minimum Gasteiger partial charge on any atom is -0.494 e. The number of aromatic amines is 1. The van der Waals surface area contributed by atoms with Crippen molar-refractivity contribution in [2.24, 2.45) is 0 Å². The first-order valence-corrected chi connectivity index (χ1v) is 10.9. The van der Waals surface area contributed by atoms with Crippen molar-refractivity contribution in [2.45, 2.75) is 20.5 Å². The fraction of sp³-hybridized carbons (Fsp3) is 0.192. The average molecular weight is 449 g/mol. The maximum Gasteiger partial charge on any atom is 0.161 e. The van der Waals surface area contributed by atoms with Gasteiger partial charge in [-0.15, -0.1) is 0 Å². The van der Waals surface area contributed by atoms with E-state index in [1.54, 1.807) is 0 Å². The number of hydrogen-bond donors (Lipinski definition) is 1. The van der Waals surface area contributed by atoms with Crippen molar-refractivity contribution in [1.29, 1.82) is 0 Å². The summed E-state index contributed by atoms with van der Waals surface area (Å²) < 4.78 is 17.3. The number of aryl methyl sites for hydroxylation is 1. The topological polar surface area (TPSA) is 56.4 Å². The van der Waals surface area contributed by atoms with E-state index in [2.05, 4.69) is 10.2 Å². The van der Waals surface area contributed by atoms with Gasteiger partial charge in [0, 0.05) is 22.4 Å². The predicted octanol–water partition coefficient (Wildman–Crippen LogP) is 6.41. The molecule has 2 aromatic carbocycles. The zero-order valence-electron chi connectivity index (χ0n) is 18.1. The van der Waals surface area contributed by atoms with Gasteiger partial charge in [0.05, 0.1) is 5.76 Å². The normalized spacial score (nSPS) is 14.1. The Labute approximate surface area is 193 Å². The second kappa shape index (κ2) is 10.2. The number of fused-ring (bicyclic) bond motifs is 1. The lowest BCUT2D eigenvalue weighted by Crippen LogP contribution is -2.15. The molecule has 0 saturated heterocycles. The van der Waals surface area contributed by atoms with Crippen molar-refractivity contribution >= 4 is 17.2 Å². The Morgan fingerprint density at radius 3 is 2.66 bits per heavy atom. The van der Waals surface area contributed by atoms with Gasteiger partial charge in [-0.25, -0.2) is 0 Å². The summed E-state index contributed by atoms with van der Waals surface area (Å²) in [5.74, 6) is 2.29. The molecule has 1 aliphatic rings. The number of hydrogen-bond acceptors (Lipinski definition) is 4. The van der Waals surface area contributed by atoms with Crippen LogP contribution in [0.15, 0.2) is 78.1 Å². The molecule has 0 bridgehead atoms. The molecule has 1 N–H and O–H groups in total. The van der Waals surface area contributed by atoms with E-state index in [-0.39, 0.29) is 0 Å². The van der Waals surface area contributed by atoms with E-state index in [9.17, 15) is 0 Å². The molecule has 32 heavy (non-hydrogen) atoms. The molecule has 0 fully saturated rings. The SMILES string of the molecule is C\C(=C/C=C(\C=C\Cl)c1n[nH]c(C)c1-c1ccc2c(c1)OCCO2)OCc1ccccc1.